The summed E-state index contributed by atoms with van der Waals surface area (Å²) in [5, 5.41) is 0. The predicted molar refractivity (Wildman–Crippen MR) is 80.7 cm³/mol. The largest absolute Gasteiger partial charge is 0.497 e. The molecular formula is C13H12INOS. The van der Waals surface area contributed by atoms with Gasteiger partial charge in [0.1, 0.15) is 5.75 Å². The minimum absolute atomic E-state index is 0.743. The average molecular weight is 357 g/mol. The summed E-state index contributed by atoms with van der Waals surface area (Å²) in [7, 11) is 1.64. The van der Waals surface area contributed by atoms with E-state index >= 15 is 0 Å². The number of ether oxygens (including phenoxy) is 1. The van der Waals surface area contributed by atoms with Crippen molar-refractivity contribution in [1.29, 1.82) is 0 Å². The van der Waals surface area contributed by atoms with Gasteiger partial charge in [0.2, 0.25) is 0 Å². The Balaban J connectivity index is 2.21. The van der Waals surface area contributed by atoms with Gasteiger partial charge in [-0.25, -0.2) is 0 Å². The van der Waals surface area contributed by atoms with Gasteiger partial charge in [-0.05, 0) is 59.0 Å². The first-order valence-corrected chi connectivity index (χ1v) is 6.95. The third kappa shape index (κ3) is 3.29. The number of methoxy groups -OCH3 is 1. The van der Waals surface area contributed by atoms with Crippen molar-refractivity contribution < 1.29 is 4.74 Å². The molecule has 2 rings (SSSR count). The van der Waals surface area contributed by atoms with Crippen molar-refractivity contribution in [3.63, 3.8) is 0 Å². The summed E-state index contributed by atoms with van der Waals surface area (Å²) in [6.45, 7) is 0. The van der Waals surface area contributed by atoms with Gasteiger partial charge in [0.05, 0.1) is 7.11 Å². The van der Waals surface area contributed by atoms with Crippen LogP contribution in [0, 0.1) is 3.57 Å². The summed E-state index contributed by atoms with van der Waals surface area (Å²) < 4.78 is 6.36. The molecule has 0 saturated heterocycles. The lowest BCUT2D eigenvalue weighted by molar-refractivity contribution is 0.415. The zero-order chi connectivity index (χ0) is 12.3. The second-order valence-electron chi connectivity index (χ2n) is 3.46. The highest BCUT2D eigenvalue weighted by molar-refractivity contribution is 14.1. The van der Waals surface area contributed by atoms with Gasteiger partial charge >= 0.3 is 0 Å². The molecule has 4 heteroatoms. The van der Waals surface area contributed by atoms with Crippen molar-refractivity contribution in [1.82, 2.24) is 0 Å². The number of rotatable bonds is 3. The Kier molecular flexibility index (Phi) is 4.17. The van der Waals surface area contributed by atoms with Gasteiger partial charge in [0, 0.05) is 25.1 Å². The van der Waals surface area contributed by atoms with E-state index in [9.17, 15) is 0 Å². The molecule has 0 saturated carbocycles. The maximum absolute atomic E-state index is 5.97. The summed E-state index contributed by atoms with van der Waals surface area (Å²) in [5.41, 5.74) is 6.72. The molecule has 0 bridgehead atoms. The van der Waals surface area contributed by atoms with Gasteiger partial charge in [-0.1, -0.05) is 11.8 Å². The number of halogens is 1. The van der Waals surface area contributed by atoms with E-state index in [-0.39, 0.29) is 0 Å². The average Bonchev–Trinajstić information content (AvgIpc) is 2.34. The van der Waals surface area contributed by atoms with Gasteiger partial charge < -0.3 is 10.5 Å². The predicted octanol–water partition coefficient (Wildman–Crippen LogP) is 4.03. The third-order valence-electron chi connectivity index (χ3n) is 2.26. The molecule has 0 aliphatic rings. The van der Waals surface area contributed by atoms with Gasteiger partial charge in [0.25, 0.3) is 0 Å². The lowest BCUT2D eigenvalue weighted by atomic mass is 10.3. The van der Waals surface area contributed by atoms with Crippen molar-refractivity contribution in [3.8, 4) is 5.75 Å². The van der Waals surface area contributed by atoms with Crippen LogP contribution in [0.3, 0.4) is 0 Å². The topological polar surface area (TPSA) is 35.2 Å². The van der Waals surface area contributed by atoms with E-state index in [1.54, 1.807) is 18.9 Å². The number of benzene rings is 2. The van der Waals surface area contributed by atoms with Crippen LogP contribution < -0.4 is 10.5 Å². The van der Waals surface area contributed by atoms with Gasteiger partial charge in [-0.3, -0.25) is 0 Å². The molecule has 0 radical (unpaired) electrons. The molecule has 0 unspecified atom stereocenters. The molecule has 0 fully saturated rings. The van der Waals surface area contributed by atoms with Gasteiger partial charge in [0.15, 0.2) is 0 Å². The molecule has 2 nitrogen and oxygen atoms in total. The van der Waals surface area contributed by atoms with Crippen LogP contribution in [0.15, 0.2) is 52.3 Å². The van der Waals surface area contributed by atoms with Gasteiger partial charge in [-0.15, -0.1) is 0 Å². The van der Waals surface area contributed by atoms with E-state index in [0.717, 1.165) is 16.3 Å². The Morgan fingerprint density at radius 2 is 1.82 bits per heavy atom. The van der Waals surface area contributed by atoms with Crippen molar-refractivity contribution in [2.75, 3.05) is 12.8 Å². The van der Waals surface area contributed by atoms with Crippen molar-refractivity contribution >= 4 is 40.0 Å². The van der Waals surface area contributed by atoms with Crippen LogP contribution in [0.25, 0.3) is 0 Å². The molecule has 0 heterocycles. The highest BCUT2D eigenvalue weighted by atomic mass is 127. The minimum atomic E-state index is 0.743. The van der Waals surface area contributed by atoms with Crippen LogP contribution in [-0.4, -0.2) is 7.11 Å². The van der Waals surface area contributed by atoms with Gasteiger partial charge in [-0.2, -0.15) is 0 Å². The summed E-state index contributed by atoms with van der Waals surface area (Å²) in [5.74, 6) is 0.787. The highest BCUT2D eigenvalue weighted by Crippen LogP contribution is 2.34. The lowest BCUT2D eigenvalue weighted by Gasteiger charge is -2.07. The maximum atomic E-state index is 5.97. The second kappa shape index (κ2) is 5.64. The monoisotopic (exact) mass is 357 g/mol. The fourth-order valence-corrected chi connectivity index (χ4v) is 2.57. The Hall–Kier alpha value is -0.880. The van der Waals surface area contributed by atoms with E-state index in [0.29, 0.717) is 0 Å². The first-order chi connectivity index (χ1) is 8.19. The summed E-state index contributed by atoms with van der Waals surface area (Å²) in [6, 6.07) is 14.1. The van der Waals surface area contributed by atoms with Crippen LogP contribution in [0.2, 0.25) is 0 Å². The van der Waals surface area contributed by atoms with Crippen LogP contribution in [0.4, 0.5) is 5.69 Å². The van der Waals surface area contributed by atoms with Crippen LogP contribution in [0.5, 0.6) is 5.75 Å². The third-order valence-corrected chi connectivity index (χ3v) is 4.08. The zero-order valence-electron chi connectivity index (χ0n) is 9.31. The lowest BCUT2D eigenvalue weighted by Crippen LogP contribution is -1.90. The molecule has 0 aliphatic heterocycles. The van der Waals surface area contributed by atoms with Crippen LogP contribution >= 0.6 is 34.4 Å². The Labute approximate surface area is 119 Å². The van der Waals surface area contributed by atoms with E-state index in [4.69, 9.17) is 10.5 Å². The van der Waals surface area contributed by atoms with E-state index in [2.05, 4.69) is 46.9 Å². The van der Waals surface area contributed by atoms with Crippen molar-refractivity contribution in [2.24, 2.45) is 0 Å². The molecule has 0 spiro atoms. The zero-order valence-corrected chi connectivity index (χ0v) is 12.3. The highest BCUT2D eigenvalue weighted by Gasteiger charge is 2.03. The van der Waals surface area contributed by atoms with Crippen LogP contribution in [-0.2, 0) is 0 Å². The SMILES string of the molecule is COc1ccc(Sc2ccc(I)cc2)c(N)c1. The standard InChI is InChI=1S/C13H12INOS/c1-16-10-4-7-13(12(15)8-10)17-11-5-2-9(14)3-6-11/h2-8H,15H2,1H3. The number of hydrogen-bond donors (Lipinski definition) is 1. The fraction of sp³-hybridized carbons (Fsp3) is 0.0769. The molecule has 2 aromatic carbocycles. The van der Waals surface area contributed by atoms with E-state index in [1.807, 2.05) is 18.2 Å². The quantitative estimate of drug-likeness (QED) is 0.665. The molecule has 0 amide bonds. The molecule has 0 aromatic heterocycles. The molecular weight excluding hydrogens is 345 g/mol. The summed E-state index contributed by atoms with van der Waals surface area (Å²) >= 11 is 3.95. The minimum Gasteiger partial charge on any atom is -0.497 e. The Morgan fingerprint density at radius 3 is 2.41 bits per heavy atom. The number of anilines is 1. The van der Waals surface area contributed by atoms with Crippen molar-refractivity contribution in [3.05, 3.63) is 46.0 Å². The Morgan fingerprint density at radius 1 is 1.12 bits per heavy atom. The summed E-state index contributed by atoms with van der Waals surface area (Å²) in [6.07, 6.45) is 0. The number of hydrogen-bond acceptors (Lipinski definition) is 3. The van der Waals surface area contributed by atoms with Crippen molar-refractivity contribution in [2.45, 2.75) is 9.79 Å². The maximum Gasteiger partial charge on any atom is 0.120 e. The molecule has 2 N–H and O–H groups in total. The molecule has 0 aliphatic carbocycles. The molecule has 2 aromatic rings. The molecule has 17 heavy (non-hydrogen) atoms. The first kappa shape index (κ1) is 12.6. The van der Waals surface area contributed by atoms with Crippen LogP contribution in [0.1, 0.15) is 0 Å². The number of nitrogen functional groups attached to an aromatic ring is 1. The smallest absolute Gasteiger partial charge is 0.120 e. The fourth-order valence-electron chi connectivity index (χ4n) is 1.38. The Bertz CT molecular complexity index is 513. The normalized spacial score (nSPS) is 10.2. The second-order valence-corrected chi connectivity index (χ2v) is 5.82. The first-order valence-electron chi connectivity index (χ1n) is 5.06. The molecule has 88 valence electrons. The van der Waals surface area contributed by atoms with E-state index < -0.39 is 0 Å². The summed E-state index contributed by atoms with van der Waals surface area (Å²) in [4.78, 5) is 2.23. The number of nitrogens with two attached hydrogens (primary N) is 1. The molecule has 0 atom stereocenters. The van der Waals surface area contributed by atoms with E-state index in [1.165, 1.54) is 8.47 Å².